The molecule has 2 aromatic rings. The zero-order valence-electron chi connectivity index (χ0n) is 20.4. The van der Waals surface area contributed by atoms with E-state index < -0.39 is 12.0 Å². The Hall–Kier alpha value is -2.36. The third-order valence-corrected chi connectivity index (χ3v) is 4.76. The Balaban J connectivity index is 0.00000107. The second kappa shape index (κ2) is 14.8. The summed E-state index contributed by atoms with van der Waals surface area (Å²) in [6.07, 6.45) is -0.0909. The number of nitrogens with two attached hydrogens (primary N) is 1. The molecule has 190 valence electrons. The van der Waals surface area contributed by atoms with Crippen molar-refractivity contribution in [2.75, 3.05) is 26.4 Å². The van der Waals surface area contributed by atoms with Crippen molar-refractivity contribution in [2.45, 2.75) is 59.2 Å². The molecule has 0 spiro atoms. The number of nitrogens with zero attached hydrogens (tertiary/aromatic N) is 2. The maximum Gasteiger partial charge on any atom is 0.204 e. The van der Waals surface area contributed by atoms with Crippen LogP contribution in [0.25, 0.3) is 11.3 Å². The number of carbonyl (C=O) groups excluding carboxylic acids is 1. The van der Waals surface area contributed by atoms with Gasteiger partial charge in [0.25, 0.3) is 0 Å². The van der Waals surface area contributed by atoms with Gasteiger partial charge in [0.15, 0.2) is 5.15 Å². The molecule has 0 aliphatic heterocycles. The van der Waals surface area contributed by atoms with Crippen molar-refractivity contribution in [1.29, 1.82) is 0 Å². The molecule has 34 heavy (non-hydrogen) atoms. The number of primary amides is 1. The van der Waals surface area contributed by atoms with Gasteiger partial charge in [-0.3, -0.25) is 4.79 Å². The van der Waals surface area contributed by atoms with Gasteiger partial charge in [-0.15, -0.1) is 10.2 Å². The number of ether oxygens (including phenoxy) is 3. The Labute approximate surface area is 204 Å². The lowest BCUT2D eigenvalue weighted by Gasteiger charge is -2.19. The molecule has 1 unspecified atom stereocenters. The highest BCUT2D eigenvalue weighted by Gasteiger charge is 2.30. The van der Waals surface area contributed by atoms with E-state index in [-0.39, 0.29) is 23.8 Å². The molecule has 1 heterocycles. The highest BCUT2D eigenvalue weighted by molar-refractivity contribution is 6.30. The number of hydrogen-bond acceptors (Lipinski definition) is 6. The number of aromatic nitrogens is 2. The molecule has 1 amide bonds. The van der Waals surface area contributed by atoms with Crippen LogP contribution in [0.1, 0.15) is 58.3 Å². The molecular weight excluding hydrogens is 468 g/mol. The van der Waals surface area contributed by atoms with Crippen molar-refractivity contribution in [1.82, 2.24) is 10.2 Å². The predicted octanol–water partition coefficient (Wildman–Crippen LogP) is 5.23. The van der Waals surface area contributed by atoms with Crippen molar-refractivity contribution < 1.29 is 27.8 Å². The van der Waals surface area contributed by atoms with Gasteiger partial charge in [0.1, 0.15) is 30.0 Å². The topological polar surface area (TPSA) is 96.6 Å². The lowest BCUT2D eigenvalue weighted by Crippen LogP contribution is -2.22. The van der Waals surface area contributed by atoms with E-state index in [0.717, 1.165) is 0 Å². The quantitative estimate of drug-likeness (QED) is 0.393. The minimum Gasteiger partial charge on any atom is -0.490 e. The maximum absolute atomic E-state index is 14.2. The average molecular weight is 502 g/mol. The Kier molecular flexibility index (Phi) is 12.9. The number of alkyl halides is 1. The second-order valence-corrected chi connectivity index (χ2v) is 8.29. The van der Waals surface area contributed by atoms with Crippen LogP contribution in [0.2, 0.25) is 5.15 Å². The van der Waals surface area contributed by atoms with Crippen molar-refractivity contribution in [2.24, 2.45) is 5.73 Å². The summed E-state index contributed by atoms with van der Waals surface area (Å²) in [6.45, 7) is 11.4. The van der Waals surface area contributed by atoms with Crippen LogP contribution >= 0.6 is 11.6 Å². The number of rotatable bonds is 8. The summed E-state index contributed by atoms with van der Waals surface area (Å²) in [7, 11) is 0. The highest BCUT2D eigenvalue weighted by atomic mass is 35.5. The molecule has 2 N–H and O–H groups in total. The number of carbonyl (C=O) groups is 1. The molecule has 0 saturated heterocycles. The first-order chi connectivity index (χ1) is 16.2. The fourth-order valence-electron chi connectivity index (χ4n) is 3.19. The summed E-state index contributed by atoms with van der Waals surface area (Å²) in [5, 5.41) is 8.09. The van der Waals surface area contributed by atoms with Crippen LogP contribution in [0, 0.1) is 5.82 Å². The van der Waals surface area contributed by atoms with Crippen LogP contribution in [0.3, 0.4) is 0 Å². The van der Waals surface area contributed by atoms with E-state index in [1.807, 2.05) is 34.6 Å². The van der Waals surface area contributed by atoms with Gasteiger partial charge in [-0.05, 0) is 51.3 Å². The van der Waals surface area contributed by atoms with Crippen LogP contribution in [0.15, 0.2) is 18.2 Å². The number of fused-ring (bicyclic) bond motifs is 1. The normalized spacial score (nSPS) is 14.3. The largest absolute Gasteiger partial charge is 0.490 e. The van der Waals surface area contributed by atoms with E-state index in [0.29, 0.717) is 60.8 Å². The molecular formula is C24H34ClF2N3O4. The van der Waals surface area contributed by atoms with Crippen molar-refractivity contribution in [3.63, 3.8) is 0 Å². The monoisotopic (exact) mass is 501 g/mol. The minimum atomic E-state index is -1.17. The second-order valence-electron chi connectivity index (χ2n) is 7.94. The molecule has 1 aliphatic rings. The molecule has 0 saturated carbocycles. The minimum absolute atomic E-state index is 0.0733. The van der Waals surface area contributed by atoms with Crippen LogP contribution in [0.5, 0.6) is 5.75 Å². The first-order valence-electron chi connectivity index (χ1n) is 11.2. The van der Waals surface area contributed by atoms with Crippen molar-refractivity contribution in [3.8, 4) is 17.0 Å². The lowest BCUT2D eigenvalue weighted by atomic mass is 10.0. The van der Waals surface area contributed by atoms with E-state index in [9.17, 15) is 8.78 Å². The summed E-state index contributed by atoms with van der Waals surface area (Å²) in [6, 6.07) is 4.15. The Morgan fingerprint density at radius 2 is 1.82 bits per heavy atom. The molecule has 1 atom stereocenters. The van der Waals surface area contributed by atoms with Crippen LogP contribution in [-0.4, -0.2) is 48.6 Å². The van der Waals surface area contributed by atoms with Gasteiger partial charge in [0.2, 0.25) is 6.41 Å². The van der Waals surface area contributed by atoms with E-state index in [1.54, 1.807) is 6.07 Å². The van der Waals surface area contributed by atoms with E-state index >= 15 is 0 Å². The van der Waals surface area contributed by atoms with E-state index in [4.69, 9.17) is 30.6 Å². The Morgan fingerprint density at radius 1 is 1.18 bits per heavy atom. The number of amides is 1. The van der Waals surface area contributed by atoms with Crippen LogP contribution in [-0.2, 0) is 20.7 Å². The van der Waals surface area contributed by atoms with Crippen LogP contribution < -0.4 is 10.5 Å². The van der Waals surface area contributed by atoms with Gasteiger partial charge in [-0.2, -0.15) is 0 Å². The number of halogens is 3. The van der Waals surface area contributed by atoms with Gasteiger partial charge >= 0.3 is 0 Å². The molecule has 10 heteroatoms. The molecule has 0 radical (unpaired) electrons. The fraction of sp³-hybridized carbons (Fsp3) is 0.542. The highest BCUT2D eigenvalue weighted by Crippen LogP contribution is 2.43. The molecule has 0 fully saturated rings. The van der Waals surface area contributed by atoms with Gasteiger partial charge in [-0.1, -0.05) is 25.4 Å². The number of hydrogen-bond donors (Lipinski definition) is 1. The molecule has 3 rings (SSSR count). The van der Waals surface area contributed by atoms with Crippen LogP contribution in [0.4, 0.5) is 8.78 Å². The molecule has 1 aromatic heterocycles. The first-order valence-corrected chi connectivity index (χ1v) is 11.5. The van der Waals surface area contributed by atoms with E-state index in [2.05, 4.69) is 15.9 Å². The summed E-state index contributed by atoms with van der Waals surface area (Å²) in [5.41, 5.74) is 6.05. The smallest absolute Gasteiger partial charge is 0.204 e. The third kappa shape index (κ3) is 9.12. The maximum atomic E-state index is 14.2. The summed E-state index contributed by atoms with van der Waals surface area (Å²) in [5.74, 6) is -0.133. The lowest BCUT2D eigenvalue weighted by molar-refractivity contribution is -0.106. The first kappa shape index (κ1) is 29.7. The van der Waals surface area contributed by atoms with Gasteiger partial charge in [-0.25, -0.2) is 8.78 Å². The Bertz CT molecular complexity index is 911. The molecule has 7 nitrogen and oxygen atoms in total. The van der Waals surface area contributed by atoms with Gasteiger partial charge in [0.05, 0.1) is 25.4 Å². The predicted molar refractivity (Wildman–Crippen MR) is 128 cm³/mol. The molecule has 1 aromatic carbocycles. The van der Waals surface area contributed by atoms with Gasteiger partial charge < -0.3 is 19.9 Å². The van der Waals surface area contributed by atoms with Crippen molar-refractivity contribution in [3.05, 3.63) is 40.3 Å². The third-order valence-electron chi connectivity index (χ3n) is 4.48. The average Bonchev–Trinajstić information content (AvgIpc) is 3.18. The summed E-state index contributed by atoms with van der Waals surface area (Å²) in [4.78, 5) is 8.58. The molecule has 0 bridgehead atoms. The summed E-state index contributed by atoms with van der Waals surface area (Å²) < 4.78 is 44.8. The zero-order chi connectivity index (χ0) is 25.7. The Morgan fingerprint density at radius 3 is 2.47 bits per heavy atom. The SMILES string of the molecule is CC.CC(C)(C)OCCOCCOc1cc(F)ccc1-c1nnc(Cl)c2c1CCC2F.NC=O. The molecule has 1 aliphatic carbocycles. The fourth-order valence-corrected chi connectivity index (χ4v) is 3.46. The van der Waals surface area contributed by atoms with Crippen molar-refractivity contribution >= 4 is 18.0 Å². The summed E-state index contributed by atoms with van der Waals surface area (Å²) >= 11 is 6.03. The number of benzene rings is 1. The van der Waals surface area contributed by atoms with Gasteiger partial charge in [0, 0.05) is 17.2 Å². The van der Waals surface area contributed by atoms with E-state index in [1.165, 1.54) is 12.1 Å². The standard InChI is InChI=1S/C21H25ClF2N2O3.C2H6.CH3NO/c1-21(2,3)29-11-9-27-8-10-28-17-12-13(23)4-5-14(17)19-15-6-7-16(24)18(15)20(22)26-25-19;1-2;2-1-3/h4-5,12,16H,6-11H2,1-3H3;1-2H3;1H,(H2,2,3). The zero-order valence-corrected chi connectivity index (χ0v) is 21.1.